The Morgan fingerprint density at radius 1 is 0.920 bits per heavy atom. The Hall–Kier alpha value is -1.90. The first kappa shape index (κ1) is 17.9. The van der Waals surface area contributed by atoms with Gasteiger partial charge in [0.05, 0.1) is 13.2 Å². The fraction of sp³-hybridized carbons (Fsp3) is 0.391. The van der Waals surface area contributed by atoms with Crippen LogP contribution in [0.2, 0.25) is 0 Å². The third-order valence-electron chi connectivity index (χ3n) is 4.80. The van der Waals surface area contributed by atoms with Crippen LogP contribution in [-0.4, -0.2) is 13.2 Å². The van der Waals surface area contributed by atoms with Crippen molar-refractivity contribution < 1.29 is 9.47 Å². The van der Waals surface area contributed by atoms with Crippen LogP contribution >= 0.6 is 0 Å². The van der Waals surface area contributed by atoms with Crippen molar-refractivity contribution in [1.29, 1.82) is 0 Å². The van der Waals surface area contributed by atoms with Gasteiger partial charge in [0.2, 0.25) is 0 Å². The number of hydrogen-bond donors (Lipinski definition) is 0. The lowest BCUT2D eigenvalue weighted by molar-refractivity contribution is -0.206. The lowest BCUT2D eigenvalue weighted by Crippen LogP contribution is -2.27. The molecule has 2 heteroatoms. The molecule has 1 fully saturated rings. The van der Waals surface area contributed by atoms with Crippen LogP contribution in [-0.2, 0) is 9.47 Å². The summed E-state index contributed by atoms with van der Waals surface area (Å²) in [6.07, 6.45) is 6.47. The molecule has 3 rings (SSSR count). The standard InChI is InChI=1S/C23H28O2/c1-3-4-5-6-7-19-16-24-23(25-17-19)22-14-12-21(13-15-22)20-10-8-18(2)9-11-20/h3,8-15,19,23H,1,4-7,16-17H2,2H3. The second-order valence-corrected chi connectivity index (χ2v) is 6.93. The van der Waals surface area contributed by atoms with E-state index in [-0.39, 0.29) is 6.29 Å². The van der Waals surface area contributed by atoms with Crippen LogP contribution in [0.5, 0.6) is 0 Å². The highest BCUT2D eigenvalue weighted by Gasteiger charge is 2.23. The zero-order chi connectivity index (χ0) is 17.5. The van der Waals surface area contributed by atoms with Gasteiger partial charge in [0.15, 0.2) is 6.29 Å². The molecule has 1 saturated heterocycles. The Balaban J connectivity index is 1.52. The van der Waals surface area contributed by atoms with E-state index in [0.717, 1.165) is 25.2 Å². The molecular formula is C23H28O2. The number of rotatable bonds is 7. The van der Waals surface area contributed by atoms with Gasteiger partial charge in [-0.2, -0.15) is 0 Å². The lowest BCUT2D eigenvalue weighted by atomic mass is 10.0. The van der Waals surface area contributed by atoms with E-state index in [0.29, 0.717) is 5.92 Å². The molecule has 1 heterocycles. The Morgan fingerprint density at radius 2 is 1.52 bits per heavy atom. The molecular weight excluding hydrogens is 308 g/mol. The SMILES string of the molecule is C=CCCCCC1COC(c2ccc(-c3ccc(C)cc3)cc2)OC1. The summed E-state index contributed by atoms with van der Waals surface area (Å²) in [5, 5.41) is 0. The molecule has 132 valence electrons. The third kappa shape index (κ3) is 5.04. The van der Waals surface area contributed by atoms with E-state index < -0.39 is 0 Å². The van der Waals surface area contributed by atoms with Gasteiger partial charge in [0.25, 0.3) is 0 Å². The zero-order valence-corrected chi connectivity index (χ0v) is 15.1. The van der Waals surface area contributed by atoms with Gasteiger partial charge in [0.1, 0.15) is 0 Å². The molecule has 0 aromatic heterocycles. The fourth-order valence-corrected chi connectivity index (χ4v) is 3.20. The predicted octanol–water partition coefficient (Wildman–Crippen LogP) is 6.07. The second kappa shape index (κ2) is 8.98. The lowest BCUT2D eigenvalue weighted by Gasteiger charge is -2.29. The first-order valence-corrected chi connectivity index (χ1v) is 9.27. The van der Waals surface area contributed by atoms with E-state index in [1.807, 2.05) is 6.08 Å². The Bertz CT molecular complexity index is 649. The average Bonchev–Trinajstić information content (AvgIpc) is 2.67. The summed E-state index contributed by atoms with van der Waals surface area (Å²) in [4.78, 5) is 0. The molecule has 1 aliphatic rings. The maximum atomic E-state index is 5.95. The summed E-state index contributed by atoms with van der Waals surface area (Å²) in [6, 6.07) is 17.1. The molecule has 0 atom stereocenters. The highest BCUT2D eigenvalue weighted by atomic mass is 16.7. The van der Waals surface area contributed by atoms with Gasteiger partial charge in [-0.15, -0.1) is 6.58 Å². The van der Waals surface area contributed by atoms with Crippen molar-refractivity contribution in [1.82, 2.24) is 0 Å². The van der Waals surface area contributed by atoms with E-state index >= 15 is 0 Å². The predicted molar refractivity (Wildman–Crippen MR) is 103 cm³/mol. The quantitative estimate of drug-likeness (QED) is 0.451. The number of hydrogen-bond acceptors (Lipinski definition) is 2. The first-order chi connectivity index (χ1) is 12.3. The summed E-state index contributed by atoms with van der Waals surface area (Å²) in [7, 11) is 0. The monoisotopic (exact) mass is 336 g/mol. The van der Waals surface area contributed by atoms with E-state index in [2.05, 4.69) is 62.0 Å². The van der Waals surface area contributed by atoms with E-state index in [4.69, 9.17) is 9.47 Å². The van der Waals surface area contributed by atoms with Crippen molar-refractivity contribution in [3.63, 3.8) is 0 Å². The number of ether oxygens (including phenoxy) is 2. The van der Waals surface area contributed by atoms with Crippen molar-refractivity contribution in [3.05, 3.63) is 72.3 Å². The molecule has 0 N–H and O–H groups in total. The molecule has 1 aliphatic heterocycles. The summed E-state index contributed by atoms with van der Waals surface area (Å²) >= 11 is 0. The summed E-state index contributed by atoms with van der Waals surface area (Å²) in [5.41, 5.74) is 4.84. The maximum absolute atomic E-state index is 5.95. The van der Waals surface area contributed by atoms with Gasteiger partial charge in [-0.1, -0.05) is 66.6 Å². The summed E-state index contributed by atoms with van der Waals surface area (Å²) in [6.45, 7) is 7.46. The summed E-state index contributed by atoms with van der Waals surface area (Å²) < 4.78 is 11.9. The maximum Gasteiger partial charge on any atom is 0.183 e. The van der Waals surface area contributed by atoms with Gasteiger partial charge in [-0.25, -0.2) is 0 Å². The molecule has 2 aromatic carbocycles. The van der Waals surface area contributed by atoms with E-state index in [1.54, 1.807) is 0 Å². The molecule has 0 radical (unpaired) electrons. The molecule has 0 spiro atoms. The van der Waals surface area contributed by atoms with Crippen LogP contribution in [0.4, 0.5) is 0 Å². The van der Waals surface area contributed by atoms with Crippen LogP contribution in [0.3, 0.4) is 0 Å². The minimum atomic E-state index is -0.225. The van der Waals surface area contributed by atoms with E-state index in [9.17, 15) is 0 Å². The zero-order valence-electron chi connectivity index (χ0n) is 15.1. The highest BCUT2D eigenvalue weighted by Crippen LogP contribution is 2.29. The minimum absolute atomic E-state index is 0.225. The van der Waals surface area contributed by atoms with Crippen molar-refractivity contribution in [2.45, 2.75) is 38.9 Å². The molecule has 2 aromatic rings. The normalized spacial score (nSPS) is 20.4. The molecule has 0 amide bonds. The van der Waals surface area contributed by atoms with Gasteiger partial charge in [-0.05, 0) is 37.3 Å². The number of benzene rings is 2. The number of aryl methyl sites for hydroxylation is 1. The smallest absolute Gasteiger partial charge is 0.183 e. The molecule has 2 nitrogen and oxygen atoms in total. The minimum Gasteiger partial charge on any atom is -0.348 e. The van der Waals surface area contributed by atoms with Crippen LogP contribution in [0, 0.1) is 12.8 Å². The van der Waals surface area contributed by atoms with Crippen LogP contribution < -0.4 is 0 Å². The van der Waals surface area contributed by atoms with Gasteiger partial charge >= 0.3 is 0 Å². The second-order valence-electron chi connectivity index (χ2n) is 6.93. The topological polar surface area (TPSA) is 18.5 Å². The van der Waals surface area contributed by atoms with Crippen molar-refractivity contribution in [2.75, 3.05) is 13.2 Å². The van der Waals surface area contributed by atoms with Crippen molar-refractivity contribution in [3.8, 4) is 11.1 Å². The average molecular weight is 336 g/mol. The fourth-order valence-electron chi connectivity index (χ4n) is 3.20. The largest absolute Gasteiger partial charge is 0.348 e. The van der Waals surface area contributed by atoms with E-state index in [1.165, 1.54) is 36.0 Å². The molecule has 0 aliphatic carbocycles. The molecule has 0 bridgehead atoms. The van der Waals surface area contributed by atoms with Gasteiger partial charge < -0.3 is 9.47 Å². The Kier molecular flexibility index (Phi) is 6.43. The van der Waals surface area contributed by atoms with Gasteiger partial charge in [-0.3, -0.25) is 0 Å². The first-order valence-electron chi connectivity index (χ1n) is 9.27. The molecule has 0 saturated carbocycles. The Labute approximate surface area is 151 Å². The van der Waals surface area contributed by atoms with Crippen LogP contribution in [0.25, 0.3) is 11.1 Å². The van der Waals surface area contributed by atoms with Crippen LogP contribution in [0.1, 0.15) is 43.1 Å². The van der Waals surface area contributed by atoms with Crippen molar-refractivity contribution in [2.24, 2.45) is 5.92 Å². The molecule has 0 unspecified atom stereocenters. The van der Waals surface area contributed by atoms with Crippen molar-refractivity contribution >= 4 is 0 Å². The summed E-state index contributed by atoms with van der Waals surface area (Å²) in [5.74, 6) is 0.521. The number of allylic oxidation sites excluding steroid dienone is 1. The molecule has 25 heavy (non-hydrogen) atoms. The number of unbranched alkanes of at least 4 members (excludes halogenated alkanes) is 2. The third-order valence-corrected chi connectivity index (χ3v) is 4.80. The Morgan fingerprint density at radius 3 is 2.12 bits per heavy atom. The highest BCUT2D eigenvalue weighted by molar-refractivity contribution is 5.63. The van der Waals surface area contributed by atoms with Gasteiger partial charge in [0, 0.05) is 11.5 Å². The van der Waals surface area contributed by atoms with Crippen LogP contribution in [0.15, 0.2) is 61.2 Å².